The van der Waals surface area contributed by atoms with Gasteiger partial charge >= 0.3 is 0 Å². The maximum Gasteiger partial charge on any atom is 0.262 e. The average Bonchev–Trinajstić information content (AvgIpc) is 3.52. The number of nitrogens with zero attached hydrogens (tertiary/aromatic N) is 4. The van der Waals surface area contributed by atoms with Gasteiger partial charge in [0.05, 0.1) is 46.3 Å². The predicted octanol–water partition coefficient (Wildman–Crippen LogP) is 3.86. The van der Waals surface area contributed by atoms with Crippen LogP contribution in [0.25, 0.3) is 0 Å². The number of rotatable bonds is 11. The van der Waals surface area contributed by atoms with E-state index < -0.39 is 6.04 Å². The number of para-hydroxylation sites is 1. The molecule has 2 amide bonds. The van der Waals surface area contributed by atoms with Crippen LogP contribution in [0.15, 0.2) is 77.9 Å². The van der Waals surface area contributed by atoms with Crippen molar-refractivity contribution in [3.05, 3.63) is 89.5 Å². The summed E-state index contributed by atoms with van der Waals surface area (Å²) in [5, 5.41) is 6.34. The topological polar surface area (TPSA) is 93.1 Å². The monoisotopic (exact) mass is 586 g/mol. The summed E-state index contributed by atoms with van der Waals surface area (Å²) in [5.41, 5.74) is 3.01. The molecule has 1 saturated heterocycles. The van der Waals surface area contributed by atoms with Gasteiger partial charge in [0.15, 0.2) is 0 Å². The second-order valence-electron chi connectivity index (χ2n) is 10.4. The van der Waals surface area contributed by atoms with Crippen LogP contribution in [0.4, 0.5) is 0 Å². The third-order valence-electron chi connectivity index (χ3n) is 7.83. The van der Waals surface area contributed by atoms with Gasteiger partial charge < -0.3 is 23.8 Å². The Morgan fingerprint density at radius 2 is 1.53 bits per heavy atom. The molecule has 5 rings (SSSR count). The molecule has 10 nitrogen and oxygen atoms in total. The highest BCUT2D eigenvalue weighted by atomic mass is 16.5. The molecule has 2 aliphatic rings. The van der Waals surface area contributed by atoms with Crippen LogP contribution in [0.3, 0.4) is 0 Å². The van der Waals surface area contributed by atoms with Gasteiger partial charge in [-0.15, -0.1) is 0 Å². The minimum absolute atomic E-state index is 0.125. The van der Waals surface area contributed by atoms with Gasteiger partial charge in [-0.3, -0.25) is 14.5 Å². The van der Waals surface area contributed by atoms with Crippen LogP contribution >= 0.6 is 0 Å². The number of amides is 2. The van der Waals surface area contributed by atoms with Crippen molar-refractivity contribution in [3.8, 4) is 17.2 Å². The first-order valence-corrected chi connectivity index (χ1v) is 14.4. The molecule has 2 heterocycles. The van der Waals surface area contributed by atoms with Gasteiger partial charge in [0, 0.05) is 43.7 Å². The molecule has 3 aromatic carbocycles. The van der Waals surface area contributed by atoms with Crippen LogP contribution in [-0.2, 0) is 9.53 Å². The molecule has 0 bridgehead atoms. The first-order chi connectivity index (χ1) is 21.0. The fourth-order valence-electron chi connectivity index (χ4n) is 5.37. The van der Waals surface area contributed by atoms with Crippen LogP contribution in [0.2, 0.25) is 0 Å². The van der Waals surface area contributed by atoms with Crippen LogP contribution in [0.1, 0.15) is 33.9 Å². The maximum atomic E-state index is 14.1. The molecule has 1 fully saturated rings. The number of methoxy groups -OCH3 is 3. The summed E-state index contributed by atoms with van der Waals surface area (Å²) < 4.78 is 21.7. The minimum Gasteiger partial charge on any atom is -0.497 e. The fraction of sp³-hybridized carbons (Fsp3) is 0.364. The lowest BCUT2D eigenvalue weighted by molar-refractivity contribution is -0.133. The lowest BCUT2D eigenvalue weighted by Crippen LogP contribution is -2.46. The Balaban J connectivity index is 1.43. The Labute approximate surface area is 252 Å². The zero-order chi connectivity index (χ0) is 30.2. The van der Waals surface area contributed by atoms with Crippen molar-refractivity contribution in [1.82, 2.24) is 14.8 Å². The van der Waals surface area contributed by atoms with Crippen molar-refractivity contribution in [3.63, 3.8) is 0 Å². The number of hydrogen-bond donors (Lipinski definition) is 0. The molecule has 0 aromatic heterocycles. The van der Waals surface area contributed by atoms with E-state index in [1.54, 1.807) is 50.5 Å². The Morgan fingerprint density at radius 3 is 2.19 bits per heavy atom. The number of hydrogen-bond acceptors (Lipinski definition) is 8. The van der Waals surface area contributed by atoms with Crippen molar-refractivity contribution >= 4 is 17.5 Å². The average molecular weight is 587 g/mol. The van der Waals surface area contributed by atoms with Gasteiger partial charge in [0.2, 0.25) is 0 Å². The third-order valence-corrected chi connectivity index (χ3v) is 7.83. The van der Waals surface area contributed by atoms with Gasteiger partial charge in [-0.1, -0.05) is 18.2 Å². The Hall–Kier alpha value is -4.41. The molecule has 0 aliphatic carbocycles. The van der Waals surface area contributed by atoms with E-state index in [0.717, 1.165) is 35.7 Å². The summed E-state index contributed by atoms with van der Waals surface area (Å²) in [4.78, 5) is 31.7. The van der Waals surface area contributed by atoms with Gasteiger partial charge in [-0.2, -0.15) is 5.10 Å². The van der Waals surface area contributed by atoms with Crippen LogP contribution in [-0.4, -0.2) is 99.6 Å². The molecule has 43 heavy (non-hydrogen) atoms. The van der Waals surface area contributed by atoms with E-state index in [0.29, 0.717) is 49.8 Å². The zero-order valence-electron chi connectivity index (χ0n) is 24.9. The zero-order valence-corrected chi connectivity index (χ0v) is 24.9. The summed E-state index contributed by atoms with van der Waals surface area (Å²) in [6, 6.07) is 21.8. The summed E-state index contributed by atoms with van der Waals surface area (Å²) in [6.07, 6.45) is 0.499. The minimum atomic E-state index is -0.391. The van der Waals surface area contributed by atoms with Crippen molar-refractivity contribution in [1.29, 1.82) is 0 Å². The number of carbonyl (C=O) groups is 2. The van der Waals surface area contributed by atoms with Gasteiger partial charge in [-0.05, 0) is 60.2 Å². The molecule has 1 unspecified atom stereocenters. The molecule has 0 radical (unpaired) electrons. The van der Waals surface area contributed by atoms with Crippen LogP contribution in [0, 0.1) is 0 Å². The van der Waals surface area contributed by atoms with Crippen molar-refractivity contribution in [2.24, 2.45) is 5.10 Å². The molecule has 1 atom stereocenters. The molecule has 0 spiro atoms. The standard InChI is InChI=1S/C33H38N4O6/c1-40-26-12-8-24(9-13-26)29-22-30(28-6-4-5-7-31(28)42-3)37(34-29)32(38)23-36(17-16-35-18-20-43-21-19-35)33(39)25-10-14-27(41-2)15-11-25/h4-15,30H,16-23H2,1-3H3. The molecule has 0 N–H and O–H groups in total. The Morgan fingerprint density at radius 1 is 0.884 bits per heavy atom. The first kappa shape index (κ1) is 30.1. The number of benzene rings is 3. The number of ether oxygens (including phenoxy) is 4. The van der Waals surface area contributed by atoms with Crippen molar-refractivity contribution in [2.45, 2.75) is 12.5 Å². The van der Waals surface area contributed by atoms with E-state index in [2.05, 4.69) is 4.90 Å². The summed E-state index contributed by atoms with van der Waals surface area (Å²) >= 11 is 0. The summed E-state index contributed by atoms with van der Waals surface area (Å²) in [5.74, 6) is 1.57. The van der Waals surface area contributed by atoms with Crippen LogP contribution < -0.4 is 14.2 Å². The summed E-state index contributed by atoms with van der Waals surface area (Å²) in [6.45, 7) is 3.78. The molecule has 10 heteroatoms. The predicted molar refractivity (Wildman–Crippen MR) is 163 cm³/mol. The second-order valence-corrected chi connectivity index (χ2v) is 10.4. The van der Waals surface area contributed by atoms with Gasteiger partial charge in [0.25, 0.3) is 11.8 Å². The van der Waals surface area contributed by atoms with E-state index in [1.165, 1.54) is 5.01 Å². The molecule has 226 valence electrons. The smallest absolute Gasteiger partial charge is 0.262 e. The Bertz CT molecular complexity index is 1420. The second kappa shape index (κ2) is 14.2. The highest BCUT2D eigenvalue weighted by molar-refractivity contribution is 6.04. The van der Waals surface area contributed by atoms with E-state index in [9.17, 15) is 9.59 Å². The molecule has 3 aromatic rings. The highest BCUT2D eigenvalue weighted by Gasteiger charge is 2.36. The van der Waals surface area contributed by atoms with E-state index in [-0.39, 0.29) is 18.4 Å². The number of hydrazone groups is 1. The van der Waals surface area contributed by atoms with Crippen molar-refractivity contribution < 1.29 is 28.5 Å². The van der Waals surface area contributed by atoms with E-state index in [4.69, 9.17) is 24.0 Å². The molecule has 2 aliphatic heterocycles. The quantitative estimate of drug-likeness (QED) is 0.337. The van der Waals surface area contributed by atoms with E-state index in [1.807, 2.05) is 48.5 Å². The Kier molecular flexibility index (Phi) is 9.91. The normalized spacial score (nSPS) is 16.9. The number of morpholine rings is 1. The highest BCUT2D eigenvalue weighted by Crippen LogP contribution is 2.37. The molecular weight excluding hydrogens is 548 g/mol. The maximum absolute atomic E-state index is 14.1. The van der Waals surface area contributed by atoms with Gasteiger partial charge in [-0.25, -0.2) is 5.01 Å². The lowest BCUT2D eigenvalue weighted by atomic mass is 9.97. The largest absolute Gasteiger partial charge is 0.497 e. The summed E-state index contributed by atoms with van der Waals surface area (Å²) in [7, 11) is 4.82. The van der Waals surface area contributed by atoms with Gasteiger partial charge in [0.1, 0.15) is 23.8 Å². The number of carbonyl (C=O) groups excluding carboxylic acids is 2. The SMILES string of the molecule is COc1ccc(C(=O)N(CCN2CCOCC2)CC(=O)N2N=C(c3ccc(OC)cc3)CC2c2ccccc2OC)cc1. The molecular formula is C33H38N4O6. The lowest BCUT2D eigenvalue weighted by Gasteiger charge is -2.31. The van der Waals surface area contributed by atoms with E-state index >= 15 is 0 Å². The molecule has 0 saturated carbocycles. The van der Waals surface area contributed by atoms with Crippen molar-refractivity contribution in [2.75, 3.05) is 67.3 Å². The third kappa shape index (κ3) is 7.15. The van der Waals surface area contributed by atoms with Crippen LogP contribution in [0.5, 0.6) is 17.2 Å². The first-order valence-electron chi connectivity index (χ1n) is 14.4. The fourth-order valence-corrected chi connectivity index (χ4v) is 5.37.